The molecule has 2 heterocycles. The fraction of sp³-hybridized carbons (Fsp3) is 0.200. The summed E-state index contributed by atoms with van der Waals surface area (Å²) in [5.41, 5.74) is 1.20. The molecule has 0 amide bonds. The zero-order chi connectivity index (χ0) is 11.0. The molecule has 2 aromatic rings. The molecular formula is C10H7Br2ClOS. The molecule has 2 rings (SSSR count). The quantitative estimate of drug-likeness (QED) is 0.636. The van der Waals surface area contributed by atoms with Crippen molar-refractivity contribution in [2.45, 2.75) is 12.3 Å². The molecule has 0 saturated carbocycles. The number of alkyl halides is 1. The molecular weight excluding hydrogens is 363 g/mol. The van der Waals surface area contributed by atoms with Gasteiger partial charge in [-0.25, -0.2) is 0 Å². The van der Waals surface area contributed by atoms with E-state index in [0.29, 0.717) is 4.67 Å². The summed E-state index contributed by atoms with van der Waals surface area (Å²) >= 11 is 14.7. The maximum atomic E-state index is 6.31. The van der Waals surface area contributed by atoms with Crippen LogP contribution in [0.1, 0.15) is 21.6 Å². The zero-order valence-corrected chi connectivity index (χ0v) is 12.5. The van der Waals surface area contributed by atoms with Gasteiger partial charge >= 0.3 is 0 Å². The Hall–Kier alpha value is 0.230. The number of hydrogen-bond acceptors (Lipinski definition) is 2. The van der Waals surface area contributed by atoms with Crippen molar-refractivity contribution in [2.75, 3.05) is 0 Å². The highest BCUT2D eigenvalue weighted by Gasteiger charge is 2.17. The first-order valence-electron chi connectivity index (χ1n) is 4.23. The molecule has 0 radical (unpaired) electrons. The van der Waals surface area contributed by atoms with Crippen LogP contribution in [0.4, 0.5) is 0 Å². The van der Waals surface area contributed by atoms with Crippen LogP contribution in [0.2, 0.25) is 0 Å². The van der Waals surface area contributed by atoms with E-state index in [1.165, 1.54) is 5.56 Å². The smallest absolute Gasteiger partial charge is 0.169 e. The fourth-order valence-electron chi connectivity index (χ4n) is 1.21. The summed E-state index contributed by atoms with van der Waals surface area (Å²) in [6.07, 6.45) is 0. The number of furan rings is 1. The van der Waals surface area contributed by atoms with Gasteiger partial charge in [0.05, 0.1) is 3.79 Å². The van der Waals surface area contributed by atoms with Crippen LogP contribution in [0.15, 0.2) is 31.1 Å². The fourth-order valence-corrected chi connectivity index (χ4v) is 3.40. The van der Waals surface area contributed by atoms with Gasteiger partial charge in [-0.2, -0.15) is 0 Å². The van der Waals surface area contributed by atoms with Gasteiger partial charge in [-0.05, 0) is 62.5 Å². The molecule has 5 heteroatoms. The van der Waals surface area contributed by atoms with Crippen molar-refractivity contribution in [1.29, 1.82) is 0 Å². The SMILES string of the molecule is Cc1cc(C(Cl)c2ccc(Br)o2)sc1Br. The highest BCUT2D eigenvalue weighted by Crippen LogP contribution is 2.38. The molecule has 0 bridgehead atoms. The minimum absolute atomic E-state index is 0.216. The van der Waals surface area contributed by atoms with E-state index in [1.807, 2.05) is 19.1 Å². The maximum absolute atomic E-state index is 6.31. The summed E-state index contributed by atoms with van der Waals surface area (Å²) in [4.78, 5) is 1.09. The third-order valence-corrected chi connectivity index (χ3v) is 5.18. The first-order valence-corrected chi connectivity index (χ1v) is 7.07. The van der Waals surface area contributed by atoms with Gasteiger partial charge in [0.25, 0.3) is 0 Å². The van der Waals surface area contributed by atoms with Gasteiger partial charge in [-0.3, -0.25) is 0 Å². The minimum Gasteiger partial charge on any atom is -0.452 e. The second kappa shape index (κ2) is 4.62. The normalized spacial score (nSPS) is 13.1. The zero-order valence-electron chi connectivity index (χ0n) is 7.76. The van der Waals surface area contributed by atoms with Crippen molar-refractivity contribution in [1.82, 2.24) is 0 Å². The number of aryl methyl sites for hydroxylation is 1. The lowest BCUT2D eigenvalue weighted by molar-refractivity contribution is 0.495. The molecule has 0 spiro atoms. The topological polar surface area (TPSA) is 13.1 Å². The van der Waals surface area contributed by atoms with Crippen molar-refractivity contribution in [2.24, 2.45) is 0 Å². The second-order valence-electron chi connectivity index (χ2n) is 3.11. The van der Waals surface area contributed by atoms with E-state index in [9.17, 15) is 0 Å². The summed E-state index contributed by atoms with van der Waals surface area (Å²) < 4.78 is 7.25. The van der Waals surface area contributed by atoms with E-state index < -0.39 is 0 Å². The lowest BCUT2D eigenvalue weighted by Crippen LogP contribution is -1.85. The Balaban J connectivity index is 2.31. The lowest BCUT2D eigenvalue weighted by Gasteiger charge is -2.01. The van der Waals surface area contributed by atoms with Crippen LogP contribution in [-0.4, -0.2) is 0 Å². The standard InChI is InChI=1S/C10H7Br2ClOS/c1-5-4-7(15-10(5)12)9(13)6-2-3-8(11)14-6/h2-4,9H,1H3. The predicted octanol–water partition coefficient (Wildman–Crippen LogP) is 5.50. The molecule has 0 aromatic carbocycles. The predicted molar refractivity (Wildman–Crippen MR) is 70.9 cm³/mol. The van der Waals surface area contributed by atoms with E-state index in [1.54, 1.807) is 11.3 Å². The summed E-state index contributed by atoms with van der Waals surface area (Å²) in [5.74, 6) is 0.761. The van der Waals surface area contributed by atoms with Crippen molar-refractivity contribution < 1.29 is 4.42 Å². The Morgan fingerprint density at radius 1 is 1.40 bits per heavy atom. The molecule has 80 valence electrons. The Labute approximate surface area is 114 Å². The van der Waals surface area contributed by atoms with E-state index in [-0.39, 0.29) is 5.38 Å². The first kappa shape index (κ1) is 11.7. The van der Waals surface area contributed by atoms with E-state index in [4.69, 9.17) is 16.0 Å². The van der Waals surface area contributed by atoms with Crippen LogP contribution >= 0.6 is 54.8 Å². The summed E-state index contributed by atoms with van der Waals surface area (Å²) in [5, 5.41) is -0.216. The van der Waals surface area contributed by atoms with Crippen LogP contribution in [0, 0.1) is 6.92 Å². The van der Waals surface area contributed by atoms with Crippen molar-refractivity contribution in [3.63, 3.8) is 0 Å². The Bertz CT molecular complexity index is 458. The van der Waals surface area contributed by atoms with Crippen LogP contribution in [0.25, 0.3) is 0 Å². The molecule has 0 fully saturated rings. The Morgan fingerprint density at radius 3 is 2.60 bits per heavy atom. The molecule has 0 aliphatic rings. The van der Waals surface area contributed by atoms with Gasteiger partial charge in [0.15, 0.2) is 4.67 Å². The maximum Gasteiger partial charge on any atom is 0.169 e. The van der Waals surface area contributed by atoms with Gasteiger partial charge in [0.1, 0.15) is 11.1 Å². The molecule has 0 N–H and O–H groups in total. The van der Waals surface area contributed by atoms with Crippen LogP contribution < -0.4 is 0 Å². The van der Waals surface area contributed by atoms with Crippen LogP contribution in [0.3, 0.4) is 0 Å². The average Bonchev–Trinajstić information content (AvgIpc) is 2.74. The van der Waals surface area contributed by atoms with Gasteiger partial charge in [-0.1, -0.05) is 0 Å². The van der Waals surface area contributed by atoms with Gasteiger partial charge in [-0.15, -0.1) is 22.9 Å². The minimum atomic E-state index is -0.216. The third-order valence-electron chi connectivity index (χ3n) is 1.97. The summed E-state index contributed by atoms with van der Waals surface area (Å²) in [6, 6.07) is 5.80. The van der Waals surface area contributed by atoms with E-state index in [2.05, 4.69) is 37.9 Å². The molecule has 15 heavy (non-hydrogen) atoms. The van der Waals surface area contributed by atoms with Gasteiger partial charge in [0.2, 0.25) is 0 Å². The Kier molecular flexibility index (Phi) is 3.60. The number of hydrogen-bond donors (Lipinski definition) is 0. The van der Waals surface area contributed by atoms with Crippen molar-refractivity contribution in [3.8, 4) is 0 Å². The Morgan fingerprint density at radius 2 is 2.13 bits per heavy atom. The summed E-state index contributed by atoms with van der Waals surface area (Å²) in [6.45, 7) is 2.05. The number of rotatable bonds is 2. The van der Waals surface area contributed by atoms with Crippen molar-refractivity contribution in [3.05, 3.63) is 42.9 Å². The molecule has 2 aromatic heterocycles. The molecule has 0 saturated heterocycles. The van der Waals surface area contributed by atoms with E-state index >= 15 is 0 Å². The van der Waals surface area contributed by atoms with E-state index in [0.717, 1.165) is 14.4 Å². The molecule has 0 aliphatic heterocycles. The van der Waals surface area contributed by atoms with Gasteiger partial charge < -0.3 is 4.42 Å². The highest BCUT2D eigenvalue weighted by molar-refractivity contribution is 9.11. The first-order chi connectivity index (χ1) is 7.08. The largest absolute Gasteiger partial charge is 0.452 e. The number of halogens is 3. The molecule has 1 unspecified atom stereocenters. The van der Waals surface area contributed by atoms with Crippen LogP contribution in [0.5, 0.6) is 0 Å². The average molecular weight is 370 g/mol. The molecule has 0 aliphatic carbocycles. The van der Waals surface area contributed by atoms with Crippen molar-refractivity contribution >= 4 is 54.8 Å². The second-order valence-corrected chi connectivity index (χ2v) is 6.73. The summed E-state index contributed by atoms with van der Waals surface area (Å²) in [7, 11) is 0. The van der Waals surface area contributed by atoms with Crippen LogP contribution in [-0.2, 0) is 0 Å². The molecule has 1 nitrogen and oxygen atoms in total. The highest BCUT2D eigenvalue weighted by atomic mass is 79.9. The third kappa shape index (κ3) is 2.49. The number of thiophene rings is 1. The van der Waals surface area contributed by atoms with Gasteiger partial charge in [0, 0.05) is 4.88 Å². The lowest BCUT2D eigenvalue weighted by atomic mass is 10.2. The molecule has 1 atom stereocenters. The monoisotopic (exact) mass is 368 g/mol.